The van der Waals surface area contributed by atoms with Crippen molar-refractivity contribution < 1.29 is 19.1 Å². The van der Waals surface area contributed by atoms with Crippen LogP contribution in [0.4, 0.5) is 0 Å². The Bertz CT molecular complexity index is 231. The smallest absolute Gasteiger partial charge is 0.347 e. The summed E-state index contributed by atoms with van der Waals surface area (Å²) in [4.78, 5) is 21.7. The molecule has 0 saturated carbocycles. The fraction of sp³-hybridized carbons (Fsp3) is 0.500. The summed E-state index contributed by atoms with van der Waals surface area (Å²) < 4.78 is 9.37. The fourth-order valence-corrected chi connectivity index (χ4v) is 0.814. The van der Waals surface area contributed by atoms with Crippen LogP contribution in [0.5, 0.6) is 0 Å². The molecule has 1 aliphatic heterocycles. The summed E-state index contributed by atoms with van der Waals surface area (Å²) in [5, 5.41) is 0. The Balaban J connectivity index is 2.46. The molecule has 12 heavy (non-hydrogen) atoms. The first-order chi connectivity index (χ1) is 5.61. The topological polar surface area (TPSA) is 52.6 Å². The van der Waals surface area contributed by atoms with E-state index in [1.807, 2.05) is 0 Å². The SMILES string of the molecule is C=C(C)C(=O)O[C@@H]1CCOC1=O. The molecule has 0 aromatic heterocycles. The van der Waals surface area contributed by atoms with Gasteiger partial charge in [0.15, 0.2) is 0 Å². The molecule has 1 aliphatic rings. The molecular weight excluding hydrogens is 160 g/mol. The number of hydrogen-bond acceptors (Lipinski definition) is 4. The van der Waals surface area contributed by atoms with Crippen LogP contribution in [0, 0.1) is 0 Å². The summed E-state index contributed by atoms with van der Waals surface area (Å²) in [5.41, 5.74) is 0.287. The molecule has 1 rings (SSSR count). The summed E-state index contributed by atoms with van der Waals surface area (Å²) in [7, 11) is 0. The zero-order chi connectivity index (χ0) is 9.14. The van der Waals surface area contributed by atoms with Crippen LogP contribution in [0.1, 0.15) is 13.3 Å². The van der Waals surface area contributed by atoms with Crippen LogP contribution < -0.4 is 0 Å². The van der Waals surface area contributed by atoms with Crippen LogP contribution in [0.2, 0.25) is 0 Å². The standard InChI is InChI=1S/C8H10O4/c1-5(2)7(9)12-6-3-4-11-8(6)10/h6H,1,3-4H2,2H3/t6-/m1/s1. The second-order valence-electron chi connectivity index (χ2n) is 2.63. The first kappa shape index (κ1) is 8.77. The average Bonchev–Trinajstić information content (AvgIpc) is 2.36. The molecule has 0 aromatic rings. The maximum atomic E-state index is 10.9. The molecule has 1 atom stereocenters. The van der Waals surface area contributed by atoms with Crippen molar-refractivity contribution in [2.24, 2.45) is 0 Å². The number of hydrogen-bond donors (Lipinski definition) is 0. The highest BCUT2D eigenvalue weighted by Crippen LogP contribution is 2.11. The number of ether oxygens (including phenoxy) is 2. The molecule has 4 nitrogen and oxygen atoms in total. The molecule has 0 aromatic carbocycles. The molecule has 66 valence electrons. The number of rotatable bonds is 2. The van der Waals surface area contributed by atoms with Crippen molar-refractivity contribution in [2.75, 3.05) is 6.61 Å². The van der Waals surface area contributed by atoms with Crippen molar-refractivity contribution in [1.29, 1.82) is 0 Å². The summed E-state index contributed by atoms with van der Waals surface area (Å²) >= 11 is 0. The Morgan fingerprint density at radius 1 is 1.75 bits per heavy atom. The lowest BCUT2D eigenvalue weighted by molar-refractivity contribution is -0.157. The monoisotopic (exact) mass is 170 g/mol. The molecule has 0 unspecified atom stereocenters. The number of esters is 2. The van der Waals surface area contributed by atoms with Gasteiger partial charge in [-0.1, -0.05) is 6.58 Å². The Hall–Kier alpha value is -1.32. The molecule has 1 fully saturated rings. The predicted molar refractivity (Wildman–Crippen MR) is 40.3 cm³/mol. The average molecular weight is 170 g/mol. The highest BCUT2D eigenvalue weighted by Gasteiger charge is 2.30. The van der Waals surface area contributed by atoms with Gasteiger partial charge >= 0.3 is 11.9 Å². The van der Waals surface area contributed by atoms with E-state index in [-0.39, 0.29) is 5.57 Å². The first-order valence-electron chi connectivity index (χ1n) is 3.64. The molecule has 0 spiro atoms. The van der Waals surface area contributed by atoms with Gasteiger partial charge in [-0.05, 0) is 6.92 Å². The Kier molecular flexibility index (Phi) is 2.47. The van der Waals surface area contributed by atoms with E-state index < -0.39 is 18.0 Å². The molecule has 1 heterocycles. The quantitative estimate of drug-likeness (QED) is 0.445. The van der Waals surface area contributed by atoms with Gasteiger partial charge in [0.1, 0.15) is 0 Å². The van der Waals surface area contributed by atoms with Gasteiger partial charge in [0.05, 0.1) is 6.61 Å². The van der Waals surface area contributed by atoms with E-state index in [1.165, 1.54) is 6.92 Å². The van der Waals surface area contributed by atoms with Crippen LogP contribution in [-0.2, 0) is 19.1 Å². The molecule has 0 radical (unpaired) electrons. The van der Waals surface area contributed by atoms with Gasteiger partial charge in [-0.2, -0.15) is 0 Å². The second kappa shape index (κ2) is 3.38. The van der Waals surface area contributed by atoms with Crippen LogP contribution >= 0.6 is 0 Å². The summed E-state index contributed by atoms with van der Waals surface area (Å²) in [6, 6.07) is 0. The van der Waals surface area contributed by atoms with Gasteiger partial charge in [-0.25, -0.2) is 9.59 Å². The highest BCUT2D eigenvalue weighted by molar-refractivity contribution is 5.89. The van der Waals surface area contributed by atoms with Crippen LogP contribution in [0.25, 0.3) is 0 Å². The third-order valence-electron chi connectivity index (χ3n) is 1.49. The van der Waals surface area contributed by atoms with E-state index in [0.29, 0.717) is 13.0 Å². The Morgan fingerprint density at radius 3 is 2.83 bits per heavy atom. The van der Waals surface area contributed by atoms with Gasteiger partial charge in [0.25, 0.3) is 0 Å². The van der Waals surface area contributed by atoms with Gasteiger partial charge in [-0.3, -0.25) is 0 Å². The zero-order valence-electron chi connectivity index (χ0n) is 6.83. The summed E-state index contributed by atoms with van der Waals surface area (Å²) in [5.74, 6) is -1.01. The van der Waals surface area contributed by atoms with Gasteiger partial charge in [0, 0.05) is 12.0 Å². The molecule has 1 saturated heterocycles. The van der Waals surface area contributed by atoms with E-state index in [0.717, 1.165) is 0 Å². The van der Waals surface area contributed by atoms with Gasteiger partial charge in [0.2, 0.25) is 6.10 Å². The third-order valence-corrected chi connectivity index (χ3v) is 1.49. The zero-order valence-corrected chi connectivity index (χ0v) is 6.83. The van der Waals surface area contributed by atoms with E-state index in [1.54, 1.807) is 0 Å². The third kappa shape index (κ3) is 1.84. The molecule has 0 bridgehead atoms. The van der Waals surface area contributed by atoms with Gasteiger partial charge in [-0.15, -0.1) is 0 Å². The minimum atomic E-state index is -0.728. The lowest BCUT2D eigenvalue weighted by Gasteiger charge is -2.06. The normalized spacial score (nSPS) is 21.8. The van der Waals surface area contributed by atoms with Gasteiger partial charge < -0.3 is 9.47 Å². The molecule has 0 aliphatic carbocycles. The van der Waals surface area contributed by atoms with Crippen LogP contribution in [-0.4, -0.2) is 24.6 Å². The van der Waals surface area contributed by atoms with Crippen molar-refractivity contribution in [2.45, 2.75) is 19.4 Å². The summed E-state index contributed by atoms with van der Waals surface area (Å²) in [6.07, 6.45) is -0.285. The molecule has 0 N–H and O–H groups in total. The Morgan fingerprint density at radius 2 is 2.42 bits per heavy atom. The second-order valence-corrected chi connectivity index (χ2v) is 2.63. The number of carbonyl (C=O) groups excluding carboxylic acids is 2. The lowest BCUT2D eigenvalue weighted by atomic mass is 10.3. The largest absolute Gasteiger partial charge is 0.463 e. The van der Waals surface area contributed by atoms with E-state index in [9.17, 15) is 9.59 Å². The van der Waals surface area contributed by atoms with Crippen LogP contribution in [0.15, 0.2) is 12.2 Å². The lowest BCUT2D eigenvalue weighted by Crippen LogP contribution is -2.22. The van der Waals surface area contributed by atoms with E-state index >= 15 is 0 Å². The van der Waals surface area contributed by atoms with E-state index in [2.05, 4.69) is 11.3 Å². The first-order valence-corrected chi connectivity index (χ1v) is 3.64. The van der Waals surface area contributed by atoms with Crippen molar-refractivity contribution >= 4 is 11.9 Å². The Labute approximate surface area is 70.1 Å². The number of carbonyl (C=O) groups is 2. The van der Waals surface area contributed by atoms with E-state index in [4.69, 9.17) is 4.74 Å². The predicted octanol–water partition coefficient (Wildman–Crippen LogP) is 0.421. The van der Waals surface area contributed by atoms with Crippen molar-refractivity contribution in [3.8, 4) is 0 Å². The number of cyclic esters (lactones) is 1. The van der Waals surface area contributed by atoms with Crippen LogP contribution in [0.3, 0.4) is 0 Å². The maximum absolute atomic E-state index is 10.9. The minimum Gasteiger partial charge on any atom is -0.463 e. The molecule has 0 amide bonds. The van der Waals surface area contributed by atoms with Crippen molar-refractivity contribution in [3.63, 3.8) is 0 Å². The van der Waals surface area contributed by atoms with Crippen molar-refractivity contribution in [3.05, 3.63) is 12.2 Å². The molecular formula is C8H10O4. The van der Waals surface area contributed by atoms with Crippen molar-refractivity contribution in [1.82, 2.24) is 0 Å². The highest BCUT2D eigenvalue weighted by atomic mass is 16.6. The fourth-order valence-electron chi connectivity index (χ4n) is 0.814. The summed E-state index contributed by atoms with van der Waals surface area (Å²) in [6.45, 7) is 5.25. The molecule has 4 heteroatoms. The minimum absolute atomic E-state index is 0.287. The maximum Gasteiger partial charge on any atom is 0.347 e.